The van der Waals surface area contributed by atoms with E-state index in [2.05, 4.69) is 0 Å². The van der Waals surface area contributed by atoms with Gasteiger partial charge >= 0.3 is 0 Å². The predicted molar refractivity (Wildman–Crippen MR) is 108 cm³/mol. The fourth-order valence-corrected chi connectivity index (χ4v) is 3.32. The highest BCUT2D eigenvalue weighted by Crippen LogP contribution is 2.28. The number of hydrogen-bond donors (Lipinski definition) is 0. The lowest BCUT2D eigenvalue weighted by atomic mass is 10.1. The lowest BCUT2D eigenvalue weighted by molar-refractivity contribution is -0.142. The van der Waals surface area contributed by atoms with Crippen molar-refractivity contribution in [2.24, 2.45) is 5.92 Å². The van der Waals surface area contributed by atoms with Gasteiger partial charge in [0.15, 0.2) is 0 Å². The Morgan fingerprint density at radius 1 is 1.07 bits per heavy atom. The quantitative estimate of drug-likeness (QED) is 0.631. The number of hydrogen-bond acceptors (Lipinski definition) is 3. The van der Waals surface area contributed by atoms with E-state index in [0.29, 0.717) is 25.3 Å². The number of benzene rings is 1. The number of aryl methyl sites for hydroxylation is 1. The molecule has 1 aromatic heterocycles. The molecular weight excluding hydrogens is 371 g/mol. The van der Waals surface area contributed by atoms with Crippen LogP contribution in [-0.4, -0.2) is 34.2 Å². The van der Waals surface area contributed by atoms with Crippen molar-refractivity contribution in [2.75, 3.05) is 6.54 Å². The number of carbonyl (C=O) groups is 2. The van der Waals surface area contributed by atoms with Gasteiger partial charge in [0, 0.05) is 19.0 Å². The van der Waals surface area contributed by atoms with Crippen molar-refractivity contribution in [1.29, 1.82) is 0 Å². The molecule has 1 aromatic carbocycles. The van der Waals surface area contributed by atoms with Crippen LogP contribution in [0.15, 0.2) is 40.8 Å². The second kappa shape index (κ2) is 9.25. The van der Waals surface area contributed by atoms with Crippen molar-refractivity contribution >= 4 is 11.8 Å². The van der Waals surface area contributed by atoms with Crippen LogP contribution in [0, 0.1) is 18.7 Å². The maximum Gasteiger partial charge on any atom is 0.242 e. The first-order valence-corrected chi connectivity index (χ1v) is 10.2. The largest absolute Gasteiger partial charge is 0.464 e. The topological polar surface area (TPSA) is 53.8 Å². The van der Waals surface area contributed by atoms with Crippen molar-refractivity contribution in [3.05, 3.63) is 59.3 Å². The van der Waals surface area contributed by atoms with Gasteiger partial charge in [0.25, 0.3) is 0 Å². The molecule has 0 aliphatic heterocycles. The molecule has 6 heteroatoms. The fourth-order valence-electron chi connectivity index (χ4n) is 3.32. The minimum absolute atomic E-state index is 0.0337. The minimum atomic E-state index is -0.313. The molecule has 2 amide bonds. The summed E-state index contributed by atoms with van der Waals surface area (Å²) in [6.45, 7) is 6.57. The molecule has 0 atom stereocenters. The number of nitrogens with zero attached hydrogens (tertiary/aromatic N) is 2. The van der Waals surface area contributed by atoms with E-state index in [1.165, 1.54) is 12.1 Å². The average Bonchev–Trinajstić information content (AvgIpc) is 3.42. The first-order chi connectivity index (χ1) is 13.8. The summed E-state index contributed by atoms with van der Waals surface area (Å²) in [5.41, 5.74) is 0.828. The Kier molecular flexibility index (Phi) is 6.72. The van der Waals surface area contributed by atoms with E-state index in [0.717, 1.165) is 24.2 Å². The molecule has 0 N–H and O–H groups in total. The zero-order valence-electron chi connectivity index (χ0n) is 17.4. The number of rotatable bonds is 9. The van der Waals surface area contributed by atoms with E-state index in [9.17, 15) is 14.0 Å². The number of carbonyl (C=O) groups excluding carboxylic acids is 2. The molecule has 156 valence electrons. The molecule has 5 nitrogen and oxygen atoms in total. The lowest BCUT2D eigenvalue weighted by Crippen LogP contribution is -2.43. The Morgan fingerprint density at radius 2 is 1.76 bits per heavy atom. The van der Waals surface area contributed by atoms with Crippen LogP contribution in [0.2, 0.25) is 0 Å². The monoisotopic (exact) mass is 400 g/mol. The van der Waals surface area contributed by atoms with E-state index in [1.54, 1.807) is 21.9 Å². The van der Waals surface area contributed by atoms with Gasteiger partial charge in [-0.1, -0.05) is 26.0 Å². The molecule has 0 unspecified atom stereocenters. The van der Waals surface area contributed by atoms with Crippen LogP contribution in [0.3, 0.4) is 0 Å². The van der Waals surface area contributed by atoms with Crippen molar-refractivity contribution in [3.8, 4) is 0 Å². The van der Waals surface area contributed by atoms with E-state index in [1.807, 2.05) is 32.9 Å². The van der Waals surface area contributed by atoms with Gasteiger partial charge in [-0.25, -0.2) is 4.39 Å². The number of furan rings is 1. The van der Waals surface area contributed by atoms with Gasteiger partial charge < -0.3 is 14.2 Å². The highest BCUT2D eigenvalue weighted by Gasteiger charge is 2.34. The van der Waals surface area contributed by atoms with Crippen molar-refractivity contribution in [2.45, 2.75) is 59.2 Å². The summed E-state index contributed by atoms with van der Waals surface area (Å²) in [5.74, 6) is 1.30. The molecule has 1 aliphatic carbocycles. The molecule has 1 saturated carbocycles. The molecule has 29 heavy (non-hydrogen) atoms. The molecule has 0 radical (unpaired) electrons. The second-order valence-electron chi connectivity index (χ2n) is 8.24. The third-order valence-electron chi connectivity index (χ3n) is 4.98. The third-order valence-corrected chi connectivity index (χ3v) is 4.98. The summed E-state index contributed by atoms with van der Waals surface area (Å²) in [5, 5.41) is 0. The van der Waals surface area contributed by atoms with E-state index < -0.39 is 0 Å². The zero-order valence-corrected chi connectivity index (χ0v) is 17.4. The average molecular weight is 400 g/mol. The van der Waals surface area contributed by atoms with E-state index in [4.69, 9.17) is 4.42 Å². The van der Waals surface area contributed by atoms with Crippen LogP contribution in [0.5, 0.6) is 0 Å². The van der Waals surface area contributed by atoms with Crippen LogP contribution < -0.4 is 0 Å². The molecule has 3 rings (SSSR count). The first-order valence-electron chi connectivity index (χ1n) is 10.2. The molecule has 0 saturated heterocycles. The molecular formula is C23H29FN2O3. The number of halogens is 1. The lowest BCUT2D eigenvalue weighted by Gasteiger charge is -2.28. The van der Waals surface area contributed by atoms with Gasteiger partial charge in [0.1, 0.15) is 23.9 Å². The Morgan fingerprint density at radius 3 is 2.31 bits per heavy atom. The fraction of sp³-hybridized carbons (Fsp3) is 0.478. The smallest absolute Gasteiger partial charge is 0.242 e. The van der Waals surface area contributed by atoms with Gasteiger partial charge in [-0.2, -0.15) is 0 Å². The summed E-state index contributed by atoms with van der Waals surface area (Å²) in [4.78, 5) is 29.2. The van der Waals surface area contributed by atoms with Gasteiger partial charge in [-0.3, -0.25) is 9.59 Å². The predicted octanol–water partition coefficient (Wildman–Crippen LogP) is 4.29. The molecule has 0 bridgehead atoms. The van der Waals surface area contributed by atoms with Gasteiger partial charge in [-0.15, -0.1) is 0 Å². The Bertz CT molecular complexity index is 840. The standard InChI is InChI=1S/C23H29FN2O3/c1-16(2)12-22(27)26(20-9-10-20)15-23(28)25(14-21-11-4-17(3)29-21)13-18-5-7-19(24)8-6-18/h4-8,11,16,20H,9-10,12-15H2,1-3H3. The molecule has 1 fully saturated rings. The minimum Gasteiger partial charge on any atom is -0.464 e. The van der Waals surface area contributed by atoms with E-state index in [-0.39, 0.29) is 36.1 Å². The van der Waals surface area contributed by atoms with Crippen LogP contribution in [0.1, 0.15) is 50.2 Å². The van der Waals surface area contributed by atoms with Crippen LogP contribution in [-0.2, 0) is 22.7 Å². The Balaban J connectivity index is 1.74. The normalized spacial score (nSPS) is 13.6. The Labute approximate surface area is 171 Å². The maximum atomic E-state index is 13.3. The Hall–Kier alpha value is -2.63. The van der Waals surface area contributed by atoms with Crippen LogP contribution >= 0.6 is 0 Å². The molecule has 1 heterocycles. The summed E-state index contributed by atoms with van der Waals surface area (Å²) < 4.78 is 18.9. The van der Waals surface area contributed by atoms with Crippen LogP contribution in [0.4, 0.5) is 4.39 Å². The third kappa shape index (κ3) is 6.17. The molecule has 2 aromatic rings. The summed E-state index contributed by atoms with van der Waals surface area (Å²) in [6.07, 6.45) is 2.35. The van der Waals surface area contributed by atoms with Gasteiger partial charge in [-0.05, 0) is 55.5 Å². The summed E-state index contributed by atoms with van der Waals surface area (Å²) in [7, 11) is 0. The van der Waals surface area contributed by atoms with E-state index >= 15 is 0 Å². The maximum absolute atomic E-state index is 13.3. The van der Waals surface area contributed by atoms with Crippen molar-refractivity contribution in [1.82, 2.24) is 9.80 Å². The SMILES string of the molecule is Cc1ccc(CN(Cc2ccc(F)cc2)C(=O)CN(C(=O)CC(C)C)C2CC2)o1. The van der Waals surface area contributed by atoms with Crippen LogP contribution in [0.25, 0.3) is 0 Å². The second-order valence-corrected chi connectivity index (χ2v) is 8.24. The number of amides is 2. The van der Waals surface area contributed by atoms with Crippen molar-refractivity contribution < 1.29 is 18.4 Å². The molecule has 0 spiro atoms. The highest BCUT2D eigenvalue weighted by atomic mass is 19.1. The van der Waals surface area contributed by atoms with Gasteiger partial charge in [0.05, 0.1) is 6.54 Å². The molecule has 1 aliphatic rings. The highest BCUT2D eigenvalue weighted by molar-refractivity contribution is 5.85. The zero-order chi connectivity index (χ0) is 21.0. The summed E-state index contributed by atoms with van der Waals surface area (Å²) in [6, 6.07) is 10.00. The summed E-state index contributed by atoms with van der Waals surface area (Å²) >= 11 is 0. The van der Waals surface area contributed by atoms with Crippen molar-refractivity contribution in [3.63, 3.8) is 0 Å². The first kappa shape index (κ1) is 21.1. The van der Waals surface area contributed by atoms with Gasteiger partial charge in [0.2, 0.25) is 11.8 Å².